The van der Waals surface area contributed by atoms with E-state index < -0.39 is 10.0 Å². The van der Waals surface area contributed by atoms with Gasteiger partial charge in [-0.2, -0.15) is 5.10 Å². The smallest absolute Gasteiger partial charge is 0.240 e. The van der Waals surface area contributed by atoms with Crippen molar-refractivity contribution in [2.24, 2.45) is 13.0 Å². The summed E-state index contributed by atoms with van der Waals surface area (Å²) < 4.78 is 30.2. The van der Waals surface area contributed by atoms with E-state index in [-0.39, 0.29) is 6.04 Å². The van der Waals surface area contributed by atoms with Gasteiger partial charge in [0, 0.05) is 43.7 Å². The van der Waals surface area contributed by atoms with Crippen LogP contribution in [0, 0.1) is 5.92 Å². The van der Waals surface area contributed by atoms with Gasteiger partial charge in [0.05, 0.1) is 10.6 Å². The average Bonchev–Trinajstić information content (AvgIpc) is 3.21. The number of fused-ring (bicyclic) bond motifs is 3. The quantitative estimate of drug-likeness (QED) is 0.742. The summed E-state index contributed by atoms with van der Waals surface area (Å²) in [5.74, 6) is 1.74. The van der Waals surface area contributed by atoms with Gasteiger partial charge in [-0.05, 0) is 56.3 Å². The van der Waals surface area contributed by atoms with Crippen LogP contribution in [0.25, 0.3) is 0 Å². The fourth-order valence-electron chi connectivity index (χ4n) is 6.02. The van der Waals surface area contributed by atoms with Crippen LogP contribution in [0.3, 0.4) is 0 Å². The third kappa shape index (κ3) is 4.32. The summed E-state index contributed by atoms with van der Waals surface area (Å²) in [4.78, 5) is 2.83. The van der Waals surface area contributed by atoms with Crippen molar-refractivity contribution in [2.75, 3.05) is 19.6 Å². The Morgan fingerprint density at radius 1 is 1.10 bits per heavy atom. The van der Waals surface area contributed by atoms with Crippen molar-refractivity contribution in [1.29, 1.82) is 0 Å². The third-order valence-electron chi connectivity index (χ3n) is 7.78. The highest BCUT2D eigenvalue weighted by atomic mass is 32.2. The van der Waals surface area contributed by atoms with Crippen LogP contribution in [0.1, 0.15) is 68.2 Å². The normalized spacial score (nSPS) is 29.3. The summed E-state index contributed by atoms with van der Waals surface area (Å²) in [5.41, 5.74) is 2.67. The van der Waals surface area contributed by atoms with Crippen LogP contribution in [0.15, 0.2) is 41.3 Å². The van der Waals surface area contributed by atoms with Gasteiger partial charge in [0.1, 0.15) is 0 Å². The Morgan fingerprint density at radius 2 is 1.87 bits per heavy atom. The van der Waals surface area contributed by atoms with Gasteiger partial charge in [0.15, 0.2) is 0 Å². The molecule has 1 saturated carbocycles. The molecule has 6 rings (SSSR count). The molecular formula is C24H34N4O2S. The molecule has 1 aromatic heterocycles. The molecule has 1 aliphatic carbocycles. The SMILES string of the molecule is Cn1nc(C2CCCCC2)cc1[C@@H]1CN2CC[C@H]1C[C@@H]2CNS(=O)(=O)c1ccccc1. The monoisotopic (exact) mass is 442 g/mol. The number of aromatic nitrogens is 2. The second-order valence-electron chi connectivity index (χ2n) is 9.66. The molecule has 168 valence electrons. The Labute approximate surface area is 186 Å². The Hall–Kier alpha value is -1.70. The second kappa shape index (κ2) is 8.68. The van der Waals surface area contributed by atoms with E-state index in [4.69, 9.17) is 5.10 Å². The van der Waals surface area contributed by atoms with Gasteiger partial charge < -0.3 is 0 Å². The van der Waals surface area contributed by atoms with Crippen LogP contribution in [-0.2, 0) is 17.1 Å². The number of rotatable bonds is 6. The molecule has 3 saturated heterocycles. The van der Waals surface area contributed by atoms with Crippen LogP contribution in [0.5, 0.6) is 0 Å². The lowest BCUT2D eigenvalue weighted by Crippen LogP contribution is -2.56. The molecule has 4 atom stereocenters. The minimum absolute atomic E-state index is 0.277. The molecule has 0 radical (unpaired) electrons. The number of nitrogens with zero attached hydrogens (tertiary/aromatic N) is 3. The first-order valence-corrected chi connectivity index (χ1v) is 13.3. The molecule has 3 aliphatic heterocycles. The molecule has 2 bridgehead atoms. The lowest BCUT2D eigenvalue weighted by molar-refractivity contribution is 0.0306. The van der Waals surface area contributed by atoms with E-state index in [9.17, 15) is 8.42 Å². The van der Waals surface area contributed by atoms with E-state index in [2.05, 4.69) is 27.4 Å². The summed E-state index contributed by atoms with van der Waals surface area (Å²) in [6.45, 7) is 2.55. The highest BCUT2D eigenvalue weighted by molar-refractivity contribution is 7.89. The van der Waals surface area contributed by atoms with Crippen LogP contribution < -0.4 is 4.72 Å². The van der Waals surface area contributed by atoms with Gasteiger partial charge >= 0.3 is 0 Å². The fraction of sp³-hybridized carbons (Fsp3) is 0.625. The molecule has 4 fully saturated rings. The van der Waals surface area contributed by atoms with E-state index in [1.54, 1.807) is 24.3 Å². The number of sulfonamides is 1. The fourth-order valence-corrected chi connectivity index (χ4v) is 7.12. The molecule has 2 aromatic rings. The molecule has 7 heteroatoms. The molecule has 4 heterocycles. The van der Waals surface area contributed by atoms with Gasteiger partial charge in [-0.3, -0.25) is 9.58 Å². The highest BCUT2D eigenvalue weighted by Gasteiger charge is 2.42. The van der Waals surface area contributed by atoms with Crippen molar-refractivity contribution in [3.8, 4) is 0 Å². The minimum atomic E-state index is -3.45. The molecular weight excluding hydrogens is 408 g/mol. The van der Waals surface area contributed by atoms with Gasteiger partial charge in [-0.15, -0.1) is 0 Å². The summed E-state index contributed by atoms with van der Waals surface area (Å²) >= 11 is 0. The Bertz CT molecular complexity index is 998. The summed E-state index contributed by atoms with van der Waals surface area (Å²) in [5, 5.41) is 4.92. The zero-order valence-electron chi connectivity index (χ0n) is 18.4. The third-order valence-corrected chi connectivity index (χ3v) is 9.22. The predicted octanol–water partition coefficient (Wildman–Crippen LogP) is 3.62. The van der Waals surface area contributed by atoms with Crippen molar-refractivity contribution < 1.29 is 8.42 Å². The molecule has 31 heavy (non-hydrogen) atoms. The highest BCUT2D eigenvalue weighted by Crippen LogP contribution is 2.43. The minimum Gasteiger partial charge on any atom is -0.298 e. The number of benzene rings is 1. The number of piperidine rings is 3. The zero-order chi connectivity index (χ0) is 21.4. The van der Waals surface area contributed by atoms with E-state index >= 15 is 0 Å². The van der Waals surface area contributed by atoms with E-state index in [1.165, 1.54) is 49.9 Å². The maximum Gasteiger partial charge on any atom is 0.240 e. The molecule has 1 N–H and O–H groups in total. The number of nitrogens with one attached hydrogen (secondary N) is 1. The molecule has 1 aromatic carbocycles. The maximum atomic E-state index is 12.6. The lowest BCUT2D eigenvalue weighted by Gasteiger charge is -2.50. The van der Waals surface area contributed by atoms with Crippen LogP contribution >= 0.6 is 0 Å². The predicted molar refractivity (Wildman–Crippen MR) is 121 cm³/mol. The average molecular weight is 443 g/mol. The first-order chi connectivity index (χ1) is 15.0. The van der Waals surface area contributed by atoms with Gasteiger partial charge in [-0.25, -0.2) is 13.1 Å². The number of hydrogen-bond donors (Lipinski definition) is 1. The van der Waals surface area contributed by atoms with E-state index in [0.717, 1.165) is 19.5 Å². The van der Waals surface area contributed by atoms with Crippen molar-refractivity contribution >= 4 is 10.0 Å². The van der Waals surface area contributed by atoms with Crippen molar-refractivity contribution in [1.82, 2.24) is 19.4 Å². The Morgan fingerprint density at radius 3 is 2.58 bits per heavy atom. The Kier molecular flexibility index (Phi) is 5.92. The van der Waals surface area contributed by atoms with E-state index in [0.29, 0.717) is 29.2 Å². The molecule has 0 amide bonds. The van der Waals surface area contributed by atoms with Gasteiger partial charge in [-0.1, -0.05) is 37.5 Å². The summed E-state index contributed by atoms with van der Waals surface area (Å²) in [7, 11) is -1.35. The van der Waals surface area contributed by atoms with E-state index in [1.807, 2.05) is 6.07 Å². The van der Waals surface area contributed by atoms with Crippen LogP contribution in [0.4, 0.5) is 0 Å². The molecule has 6 nitrogen and oxygen atoms in total. The van der Waals surface area contributed by atoms with Gasteiger partial charge in [0.2, 0.25) is 10.0 Å². The molecule has 0 spiro atoms. The second-order valence-corrected chi connectivity index (χ2v) is 11.4. The van der Waals surface area contributed by atoms with Crippen LogP contribution in [0.2, 0.25) is 0 Å². The van der Waals surface area contributed by atoms with Crippen molar-refractivity contribution in [3.63, 3.8) is 0 Å². The lowest BCUT2D eigenvalue weighted by atomic mass is 9.74. The number of aryl methyl sites for hydroxylation is 1. The standard InChI is InChI=1S/C24H34N4O2S/c1-27-24(15-23(26-27)18-8-4-2-5-9-18)22-17-28-13-12-19(22)14-20(28)16-25-31(29,30)21-10-6-3-7-11-21/h3,6-7,10-11,15,18-20,22,25H,2,4-5,8-9,12-14,16-17H2,1H3/t19-,20+,22+/m0/s1. The van der Waals surface area contributed by atoms with Crippen molar-refractivity contribution in [3.05, 3.63) is 47.8 Å². The summed E-state index contributed by atoms with van der Waals surface area (Å²) in [6, 6.07) is 11.3. The first-order valence-electron chi connectivity index (χ1n) is 11.8. The molecule has 1 unspecified atom stereocenters. The Balaban J connectivity index is 1.25. The summed E-state index contributed by atoms with van der Waals surface area (Å²) in [6.07, 6.45) is 8.82. The zero-order valence-corrected chi connectivity index (χ0v) is 19.2. The largest absolute Gasteiger partial charge is 0.298 e. The topological polar surface area (TPSA) is 67.2 Å². The van der Waals surface area contributed by atoms with Crippen LogP contribution in [-0.4, -0.2) is 48.8 Å². The first kappa shape index (κ1) is 21.2. The van der Waals surface area contributed by atoms with Crippen molar-refractivity contribution in [2.45, 2.75) is 67.7 Å². The maximum absolute atomic E-state index is 12.6. The number of hydrogen-bond acceptors (Lipinski definition) is 4. The van der Waals surface area contributed by atoms with Gasteiger partial charge in [0.25, 0.3) is 0 Å². The molecule has 4 aliphatic rings.